The van der Waals surface area contributed by atoms with E-state index in [1.165, 1.54) is 0 Å². The van der Waals surface area contributed by atoms with Gasteiger partial charge in [-0.1, -0.05) is 22.9 Å². The van der Waals surface area contributed by atoms with E-state index in [2.05, 4.69) is 28.0 Å². The third-order valence-corrected chi connectivity index (χ3v) is 2.09. The van der Waals surface area contributed by atoms with Gasteiger partial charge in [-0.15, -0.1) is 0 Å². The molecule has 1 heterocycles. The maximum Gasteiger partial charge on any atom is 0.258 e. The predicted molar refractivity (Wildman–Crippen MR) is 49.7 cm³/mol. The Morgan fingerprint density at radius 2 is 2.33 bits per heavy atom. The Kier molecular flexibility index (Phi) is 3.59. The lowest BCUT2D eigenvalue weighted by Gasteiger charge is -1.99. The number of ether oxygens (including phenoxy) is 1. The van der Waals surface area contributed by atoms with E-state index in [1.807, 2.05) is 6.92 Å². The zero-order chi connectivity index (χ0) is 8.97. The second-order valence-corrected chi connectivity index (χ2v) is 3.07. The maximum atomic E-state index is 5.36. The molecule has 0 radical (unpaired) electrons. The fourth-order valence-corrected chi connectivity index (χ4v) is 1.47. The summed E-state index contributed by atoms with van der Waals surface area (Å²) >= 11 is 3.35. The number of nitrogens with zero attached hydrogens (tertiary/aromatic N) is 1. The van der Waals surface area contributed by atoms with Crippen LogP contribution in [-0.4, -0.2) is 11.8 Å². The second kappa shape index (κ2) is 4.50. The van der Waals surface area contributed by atoms with Crippen LogP contribution in [0.3, 0.4) is 0 Å². The quantitative estimate of drug-likeness (QED) is 0.751. The molecule has 0 saturated carbocycles. The molecule has 0 fully saturated rings. The van der Waals surface area contributed by atoms with E-state index >= 15 is 0 Å². The molecule has 0 N–H and O–H groups in total. The molecular weight excluding hydrogens is 222 g/mol. The van der Waals surface area contributed by atoms with Crippen LogP contribution < -0.4 is 4.74 Å². The number of halogens is 1. The molecule has 0 aliphatic rings. The first-order valence-electron chi connectivity index (χ1n) is 3.93. The van der Waals surface area contributed by atoms with Crippen molar-refractivity contribution in [3.8, 4) is 5.88 Å². The molecule has 0 spiro atoms. The standard InChI is InChI=1S/C8H12BrNO2/c1-3-4-11-8-7(5-9)6(2)12-10-8/h3-5H2,1-2H3. The van der Waals surface area contributed by atoms with E-state index in [0.717, 1.165) is 23.1 Å². The van der Waals surface area contributed by atoms with Gasteiger partial charge in [0.15, 0.2) is 0 Å². The number of hydrogen-bond acceptors (Lipinski definition) is 3. The molecule has 0 unspecified atom stereocenters. The van der Waals surface area contributed by atoms with Gasteiger partial charge < -0.3 is 9.26 Å². The Balaban J connectivity index is 2.70. The van der Waals surface area contributed by atoms with Gasteiger partial charge >= 0.3 is 0 Å². The van der Waals surface area contributed by atoms with Crippen LogP contribution in [-0.2, 0) is 5.33 Å². The Labute approximate surface area is 80.2 Å². The van der Waals surface area contributed by atoms with Crippen molar-refractivity contribution in [2.45, 2.75) is 25.6 Å². The molecule has 0 saturated heterocycles. The molecule has 68 valence electrons. The molecular formula is C8H12BrNO2. The van der Waals surface area contributed by atoms with Crippen LogP contribution >= 0.6 is 15.9 Å². The van der Waals surface area contributed by atoms with Crippen LogP contribution in [0.2, 0.25) is 0 Å². The predicted octanol–water partition coefficient (Wildman–Crippen LogP) is 2.67. The number of alkyl halides is 1. The van der Waals surface area contributed by atoms with Crippen molar-refractivity contribution in [2.75, 3.05) is 6.61 Å². The van der Waals surface area contributed by atoms with Gasteiger partial charge in [-0.2, -0.15) is 0 Å². The van der Waals surface area contributed by atoms with Gasteiger partial charge in [0, 0.05) is 5.33 Å². The van der Waals surface area contributed by atoms with Crippen molar-refractivity contribution in [3.05, 3.63) is 11.3 Å². The summed E-state index contributed by atoms with van der Waals surface area (Å²) in [4.78, 5) is 0. The van der Waals surface area contributed by atoms with E-state index in [1.54, 1.807) is 0 Å². The molecule has 0 bridgehead atoms. The third kappa shape index (κ3) is 2.00. The highest BCUT2D eigenvalue weighted by Crippen LogP contribution is 2.23. The zero-order valence-corrected chi connectivity index (χ0v) is 8.85. The van der Waals surface area contributed by atoms with Crippen molar-refractivity contribution in [1.82, 2.24) is 5.16 Å². The van der Waals surface area contributed by atoms with E-state index in [0.29, 0.717) is 12.5 Å². The van der Waals surface area contributed by atoms with Crippen molar-refractivity contribution in [1.29, 1.82) is 0 Å². The van der Waals surface area contributed by atoms with Crippen LogP contribution in [0.5, 0.6) is 5.88 Å². The summed E-state index contributed by atoms with van der Waals surface area (Å²) in [5, 5.41) is 4.52. The van der Waals surface area contributed by atoms with Crippen LogP contribution in [0, 0.1) is 6.92 Å². The van der Waals surface area contributed by atoms with Crippen LogP contribution in [0.15, 0.2) is 4.52 Å². The van der Waals surface area contributed by atoms with Crippen molar-refractivity contribution < 1.29 is 9.26 Å². The van der Waals surface area contributed by atoms with Crippen molar-refractivity contribution in [2.24, 2.45) is 0 Å². The summed E-state index contributed by atoms with van der Waals surface area (Å²) < 4.78 is 10.3. The largest absolute Gasteiger partial charge is 0.475 e. The highest BCUT2D eigenvalue weighted by Gasteiger charge is 2.11. The minimum Gasteiger partial charge on any atom is -0.475 e. The molecule has 1 aromatic rings. The van der Waals surface area contributed by atoms with Crippen LogP contribution in [0.25, 0.3) is 0 Å². The maximum absolute atomic E-state index is 5.36. The molecule has 1 rings (SSSR count). The van der Waals surface area contributed by atoms with Gasteiger partial charge in [-0.05, 0) is 18.5 Å². The summed E-state index contributed by atoms with van der Waals surface area (Å²) in [6.07, 6.45) is 0.980. The monoisotopic (exact) mass is 233 g/mol. The van der Waals surface area contributed by atoms with E-state index in [4.69, 9.17) is 9.26 Å². The van der Waals surface area contributed by atoms with Gasteiger partial charge in [-0.25, -0.2) is 0 Å². The molecule has 0 aromatic carbocycles. The molecule has 0 atom stereocenters. The van der Waals surface area contributed by atoms with Crippen LogP contribution in [0.1, 0.15) is 24.7 Å². The topological polar surface area (TPSA) is 35.3 Å². The Morgan fingerprint density at radius 1 is 1.58 bits per heavy atom. The summed E-state index contributed by atoms with van der Waals surface area (Å²) in [6, 6.07) is 0. The highest BCUT2D eigenvalue weighted by atomic mass is 79.9. The van der Waals surface area contributed by atoms with Gasteiger partial charge in [0.1, 0.15) is 5.76 Å². The first-order chi connectivity index (χ1) is 5.79. The zero-order valence-electron chi connectivity index (χ0n) is 7.26. The smallest absolute Gasteiger partial charge is 0.258 e. The van der Waals surface area contributed by atoms with E-state index in [9.17, 15) is 0 Å². The average molecular weight is 234 g/mol. The van der Waals surface area contributed by atoms with Crippen LogP contribution in [0.4, 0.5) is 0 Å². The first kappa shape index (κ1) is 9.58. The lowest BCUT2D eigenvalue weighted by molar-refractivity contribution is 0.276. The Morgan fingerprint density at radius 3 is 2.92 bits per heavy atom. The minimum atomic E-state index is 0.617. The summed E-state index contributed by atoms with van der Waals surface area (Å²) in [5.41, 5.74) is 1.00. The number of hydrogen-bond donors (Lipinski definition) is 0. The molecule has 3 nitrogen and oxygen atoms in total. The molecule has 1 aromatic heterocycles. The molecule has 12 heavy (non-hydrogen) atoms. The highest BCUT2D eigenvalue weighted by molar-refractivity contribution is 9.08. The first-order valence-corrected chi connectivity index (χ1v) is 5.05. The van der Waals surface area contributed by atoms with E-state index < -0.39 is 0 Å². The van der Waals surface area contributed by atoms with Gasteiger partial charge in [0.25, 0.3) is 5.88 Å². The van der Waals surface area contributed by atoms with Gasteiger partial charge in [0.2, 0.25) is 0 Å². The summed E-state index contributed by atoms with van der Waals surface area (Å²) in [5.74, 6) is 1.43. The summed E-state index contributed by atoms with van der Waals surface area (Å²) in [7, 11) is 0. The molecule has 0 aliphatic carbocycles. The third-order valence-electron chi connectivity index (χ3n) is 1.53. The number of aryl methyl sites for hydroxylation is 1. The Hall–Kier alpha value is -0.510. The fourth-order valence-electron chi connectivity index (χ4n) is 0.834. The molecule has 0 amide bonds. The normalized spacial score (nSPS) is 10.2. The van der Waals surface area contributed by atoms with Crippen molar-refractivity contribution >= 4 is 15.9 Å². The summed E-state index contributed by atoms with van der Waals surface area (Å²) in [6.45, 7) is 4.62. The second-order valence-electron chi connectivity index (χ2n) is 2.50. The molecule has 4 heteroatoms. The SMILES string of the molecule is CCCOc1noc(C)c1CBr. The minimum absolute atomic E-state index is 0.617. The van der Waals surface area contributed by atoms with Crippen molar-refractivity contribution in [3.63, 3.8) is 0 Å². The average Bonchev–Trinajstić information content (AvgIpc) is 2.43. The van der Waals surface area contributed by atoms with E-state index in [-0.39, 0.29) is 0 Å². The fraction of sp³-hybridized carbons (Fsp3) is 0.625. The lowest BCUT2D eigenvalue weighted by atomic mass is 10.3. The number of aromatic nitrogens is 1. The number of rotatable bonds is 4. The van der Waals surface area contributed by atoms with Gasteiger partial charge in [-0.3, -0.25) is 0 Å². The molecule has 0 aliphatic heterocycles. The Bertz CT molecular complexity index is 247. The lowest BCUT2D eigenvalue weighted by Crippen LogP contribution is -1.97. The van der Waals surface area contributed by atoms with Gasteiger partial charge in [0.05, 0.1) is 12.2 Å².